The van der Waals surface area contributed by atoms with Gasteiger partial charge in [-0.15, -0.1) is 0 Å². The molecule has 1 aliphatic rings. The fourth-order valence-electron chi connectivity index (χ4n) is 4.87. The minimum absolute atomic E-state index is 0. The zero-order valence-corrected chi connectivity index (χ0v) is 26.2. The number of rotatable bonds is 4. The normalized spacial score (nSPS) is 12.7. The Morgan fingerprint density at radius 3 is 1.31 bits per heavy atom. The topological polar surface area (TPSA) is 0 Å². The van der Waals surface area contributed by atoms with E-state index < -0.39 is 8.07 Å². The molecule has 0 saturated heterocycles. The summed E-state index contributed by atoms with van der Waals surface area (Å²) in [6.07, 6.45) is 7.36. The molecule has 0 fully saturated rings. The van der Waals surface area contributed by atoms with Crippen LogP contribution in [0, 0.1) is 32.3 Å². The van der Waals surface area contributed by atoms with Crippen molar-refractivity contribution in [3.63, 3.8) is 0 Å². The molecule has 35 heavy (non-hydrogen) atoms. The molecule has 0 bridgehead atoms. The monoisotopic (exact) mass is 574 g/mol. The largest absolute Gasteiger partial charge is 4.00 e. The van der Waals surface area contributed by atoms with Crippen molar-refractivity contribution in [2.45, 2.75) is 48.0 Å². The summed E-state index contributed by atoms with van der Waals surface area (Å²) in [5, 5.41) is 5.83. The van der Waals surface area contributed by atoms with Crippen molar-refractivity contribution < 1.29 is 58.9 Å². The summed E-state index contributed by atoms with van der Waals surface area (Å²) >= 11 is 0. The summed E-state index contributed by atoms with van der Waals surface area (Å²) in [6, 6.07) is 27.6. The Morgan fingerprint density at radius 2 is 1.03 bits per heavy atom. The zero-order chi connectivity index (χ0) is 22.2. The molecule has 3 aromatic carbocycles. The maximum Gasteiger partial charge on any atom is 4.00 e. The van der Waals surface area contributed by atoms with Crippen LogP contribution in [0.3, 0.4) is 0 Å². The second-order valence-corrected chi connectivity index (χ2v) is 13.9. The molecule has 5 heteroatoms. The maximum absolute atomic E-state index is 3.97. The van der Waals surface area contributed by atoms with Gasteiger partial charge in [0, 0.05) is 0 Å². The first-order chi connectivity index (χ1) is 14.7. The molecule has 0 amide bonds. The summed E-state index contributed by atoms with van der Waals surface area (Å²) in [7, 11) is -2.45. The zero-order valence-electron chi connectivity index (χ0n) is 21.3. The van der Waals surface area contributed by atoms with Crippen LogP contribution in [0.2, 0.25) is 0 Å². The first-order valence-electron chi connectivity index (χ1n) is 11.3. The van der Waals surface area contributed by atoms with Gasteiger partial charge in [0.15, 0.2) is 8.07 Å². The van der Waals surface area contributed by atoms with Gasteiger partial charge >= 0.3 is 21.7 Å². The van der Waals surface area contributed by atoms with Gasteiger partial charge in [0.2, 0.25) is 0 Å². The van der Waals surface area contributed by atoms with Gasteiger partial charge in [-0.05, 0) is 41.7 Å². The van der Waals surface area contributed by atoms with Gasteiger partial charge in [0.25, 0.3) is 0 Å². The van der Waals surface area contributed by atoms with E-state index in [1.54, 1.807) is 0 Å². The van der Waals surface area contributed by atoms with E-state index in [0.29, 0.717) is 0 Å². The van der Waals surface area contributed by atoms with Gasteiger partial charge in [-0.2, -0.15) is 5.20 Å². The van der Waals surface area contributed by atoms with Crippen LogP contribution in [-0.4, -0.2) is 8.07 Å². The fourth-order valence-corrected chi connectivity index (χ4v) is 10.0. The van der Waals surface area contributed by atoms with Crippen LogP contribution in [0.15, 0.2) is 89.6 Å². The van der Waals surface area contributed by atoms with Crippen LogP contribution >= 0.6 is 0 Å². The van der Waals surface area contributed by atoms with Crippen LogP contribution in [0.5, 0.6) is 0 Å². The van der Waals surface area contributed by atoms with Crippen LogP contribution in [-0.2, 0) is 21.7 Å². The molecule has 0 heterocycles. The van der Waals surface area contributed by atoms with Gasteiger partial charge in [-0.25, -0.2) is 11.6 Å². The second kappa shape index (κ2) is 13.5. The van der Waals surface area contributed by atoms with Crippen molar-refractivity contribution in [3.05, 3.63) is 112 Å². The first-order valence-corrected chi connectivity index (χ1v) is 13.3. The molecule has 0 nitrogen and oxygen atoms in total. The molecule has 0 N–H and O–H groups in total. The third kappa shape index (κ3) is 6.83. The van der Waals surface area contributed by atoms with Crippen molar-refractivity contribution in [3.8, 4) is 0 Å². The molecule has 0 spiro atoms. The van der Waals surface area contributed by atoms with Gasteiger partial charge in [0.1, 0.15) is 0 Å². The molecule has 1 aliphatic carbocycles. The van der Waals surface area contributed by atoms with Crippen molar-refractivity contribution in [2.24, 2.45) is 5.41 Å². The van der Waals surface area contributed by atoms with Crippen LogP contribution < -0.4 is 52.8 Å². The van der Waals surface area contributed by atoms with Crippen molar-refractivity contribution in [1.82, 2.24) is 0 Å². The molecular weight excluding hydrogens is 543 g/mol. The molecule has 182 valence electrons. The summed E-state index contributed by atoms with van der Waals surface area (Å²) in [4.78, 5) is 0. The van der Waals surface area contributed by atoms with E-state index in [4.69, 9.17) is 0 Å². The van der Waals surface area contributed by atoms with E-state index in [0.717, 1.165) is 6.42 Å². The number of hydrogen-bond donors (Lipinski definition) is 0. The standard InChI is InChI=1S/C30H33Si.3ClH.Ti/c1-22-10-7-13-26(18-22)31(27-14-8-11-23(2)19-27,28-15-9-12-24(3)20-28)29-17-16-25(21-29)30(4,5)6;;;;/h7-16,18-20H,17H2,1-6H3;3*1H;/q-1;;;;+4/p-3. The van der Waals surface area contributed by atoms with E-state index in [2.05, 4.69) is 126 Å². The first kappa shape index (κ1) is 33.9. The van der Waals surface area contributed by atoms with Gasteiger partial charge in [-0.1, -0.05) is 117 Å². The smallest absolute Gasteiger partial charge is 1.00 e. The van der Waals surface area contributed by atoms with Gasteiger partial charge in [-0.3, -0.25) is 6.08 Å². The SMILES string of the molecule is Cc1cccc([Si](C2=[C-]C(C(C)(C)C)=CC2)(c2cccc(C)c2)c2cccc(C)c2)c1.[Cl-].[Cl-].[Cl-].[Ti+4]. The Balaban J connectivity index is 0.00000289. The number of aryl methyl sites for hydroxylation is 3. The Bertz CT molecular complexity index is 1080. The van der Waals surface area contributed by atoms with E-state index >= 15 is 0 Å². The van der Waals surface area contributed by atoms with E-state index in [9.17, 15) is 0 Å². The average molecular weight is 576 g/mol. The van der Waals surface area contributed by atoms with E-state index in [-0.39, 0.29) is 64.4 Å². The third-order valence-electron chi connectivity index (χ3n) is 6.41. The average Bonchev–Trinajstić information content (AvgIpc) is 3.20. The van der Waals surface area contributed by atoms with E-state index in [1.165, 1.54) is 43.0 Å². The Hall–Kier alpha value is -1.06. The van der Waals surface area contributed by atoms with Crippen LogP contribution in [0.4, 0.5) is 0 Å². The number of benzene rings is 3. The minimum atomic E-state index is -2.45. The molecule has 0 aliphatic heterocycles. The molecule has 3 aromatic rings. The molecule has 0 unspecified atom stereocenters. The number of allylic oxidation sites excluding steroid dienone is 4. The van der Waals surface area contributed by atoms with Crippen LogP contribution in [0.1, 0.15) is 43.9 Å². The quantitative estimate of drug-likeness (QED) is 0.174. The summed E-state index contributed by atoms with van der Waals surface area (Å²) in [6.45, 7) is 13.5. The molecule has 0 radical (unpaired) electrons. The summed E-state index contributed by atoms with van der Waals surface area (Å²) in [5.74, 6) is 0. The Morgan fingerprint density at radius 1 is 0.657 bits per heavy atom. The van der Waals surface area contributed by atoms with Gasteiger partial charge < -0.3 is 37.2 Å². The predicted octanol–water partition coefficient (Wildman–Crippen LogP) is -3.26. The maximum atomic E-state index is 3.97. The van der Waals surface area contributed by atoms with Crippen molar-refractivity contribution in [2.75, 3.05) is 0 Å². The Kier molecular flexibility index (Phi) is 13.1. The van der Waals surface area contributed by atoms with Crippen molar-refractivity contribution >= 4 is 23.6 Å². The Labute approximate surface area is 246 Å². The van der Waals surface area contributed by atoms with Crippen molar-refractivity contribution in [1.29, 1.82) is 0 Å². The molecular formula is C30H33Cl3SiTi. The van der Waals surface area contributed by atoms with E-state index in [1.807, 2.05) is 0 Å². The third-order valence-corrected chi connectivity index (χ3v) is 11.2. The second-order valence-electron chi connectivity index (χ2n) is 10.0. The molecule has 0 aromatic heterocycles. The summed E-state index contributed by atoms with van der Waals surface area (Å²) < 4.78 is 0. The molecule has 4 rings (SSSR count). The number of hydrogen-bond acceptors (Lipinski definition) is 0. The molecule has 0 atom stereocenters. The summed E-state index contributed by atoms with van der Waals surface area (Å²) in [5.41, 5.74) is 5.40. The van der Waals surface area contributed by atoms with Crippen LogP contribution in [0.25, 0.3) is 0 Å². The predicted molar refractivity (Wildman–Crippen MR) is 137 cm³/mol. The minimum Gasteiger partial charge on any atom is -1.00 e. The van der Waals surface area contributed by atoms with Gasteiger partial charge in [0.05, 0.1) is 0 Å². The fraction of sp³-hybridized carbons (Fsp3) is 0.267. The molecule has 0 saturated carbocycles. The number of halogens is 3.